The molecule has 1 aromatic heterocycles. The molecule has 0 bridgehead atoms. The van der Waals surface area contributed by atoms with Gasteiger partial charge in [0.1, 0.15) is 0 Å². The van der Waals surface area contributed by atoms with Gasteiger partial charge < -0.3 is 9.73 Å². The SMILES string of the molecule is CCNC(C)c1ncc(-c2ccc(C)cc2Cl)o1. The van der Waals surface area contributed by atoms with Gasteiger partial charge in [-0.15, -0.1) is 0 Å². The summed E-state index contributed by atoms with van der Waals surface area (Å²) in [5.74, 6) is 1.39. The lowest BCUT2D eigenvalue weighted by molar-refractivity contribution is 0.429. The number of hydrogen-bond donors (Lipinski definition) is 1. The molecule has 0 saturated heterocycles. The predicted molar refractivity (Wildman–Crippen MR) is 73.8 cm³/mol. The average molecular weight is 265 g/mol. The van der Waals surface area contributed by atoms with Crippen LogP contribution < -0.4 is 5.32 Å². The Hall–Kier alpha value is -1.32. The minimum atomic E-state index is 0.105. The molecule has 0 amide bonds. The molecule has 0 fully saturated rings. The van der Waals surface area contributed by atoms with Crippen LogP contribution in [0.5, 0.6) is 0 Å². The average Bonchev–Trinajstić information content (AvgIpc) is 2.78. The third kappa shape index (κ3) is 2.74. The van der Waals surface area contributed by atoms with Gasteiger partial charge in [-0.25, -0.2) is 4.98 Å². The molecule has 4 heteroatoms. The van der Waals surface area contributed by atoms with Crippen LogP contribution in [-0.4, -0.2) is 11.5 Å². The molecule has 1 heterocycles. The summed E-state index contributed by atoms with van der Waals surface area (Å²) in [5, 5.41) is 3.95. The summed E-state index contributed by atoms with van der Waals surface area (Å²) in [7, 11) is 0. The van der Waals surface area contributed by atoms with Crippen molar-refractivity contribution in [3.05, 3.63) is 40.9 Å². The highest BCUT2D eigenvalue weighted by Gasteiger charge is 2.13. The highest BCUT2D eigenvalue weighted by Crippen LogP contribution is 2.30. The van der Waals surface area contributed by atoms with Crippen molar-refractivity contribution in [1.29, 1.82) is 0 Å². The Morgan fingerprint density at radius 2 is 2.22 bits per heavy atom. The van der Waals surface area contributed by atoms with Crippen LogP contribution in [0.4, 0.5) is 0 Å². The predicted octanol–water partition coefficient (Wildman–Crippen LogP) is 3.97. The molecule has 0 radical (unpaired) electrons. The Labute approximate surface area is 112 Å². The maximum atomic E-state index is 6.21. The number of rotatable bonds is 4. The Kier molecular flexibility index (Phi) is 4.04. The Morgan fingerprint density at radius 1 is 1.44 bits per heavy atom. The minimum absolute atomic E-state index is 0.105. The minimum Gasteiger partial charge on any atom is -0.439 e. The van der Waals surface area contributed by atoms with E-state index in [-0.39, 0.29) is 6.04 Å². The van der Waals surface area contributed by atoms with Crippen molar-refractivity contribution in [3.63, 3.8) is 0 Å². The van der Waals surface area contributed by atoms with Crippen molar-refractivity contribution in [2.75, 3.05) is 6.54 Å². The smallest absolute Gasteiger partial charge is 0.211 e. The Morgan fingerprint density at radius 3 is 2.89 bits per heavy atom. The number of aryl methyl sites for hydroxylation is 1. The van der Waals surface area contributed by atoms with E-state index < -0.39 is 0 Å². The fraction of sp³-hybridized carbons (Fsp3) is 0.357. The Bertz CT molecular complexity index is 536. The molecule has 0 spiro atoms. The summed E-state index contributed by atoms with van der Waals surface area (Å²) in [6, 6.07) is 6.00. The summed E-state index contributed by atoms with van der Waals surface area (Å²) in [6.07, 6.45) is 1.72. The summed E-state index contributed by atoms with van der Waals surface area (Å²) in [4.78, 5) is 4.29. The van der Waals surface area contributed by atoms with Crippen molar-refractivity contribution in [3.8, 4) is 11.3 Å². The number of nitrogens with zero attached hydrogens (tertiary/aromatic N) is 1. The van der Waals surface area contributed by atoms with E-state index in [2.05, 4.69) is 17.2 Å². The van der Waals surface area contributed by atoms with Crippen molar-refractivity contribution >= 4 is 11.6 Å². The molecule has 96 valence electrons. The first-order valence-electron chi connectivity index (χ1n) is 6.07. The molecular weight excluding hydrogens is 248 g/mol. The highest BCUT2D eigenvalue weighted by molar-refractivity contribution is 6.33. The molecule has 1 N–H and O–H groups in total. The number of oxazole rings is 1. The van der Waals surface area contributed by atoms with Crippen molar-refractivity contribution in [2.45, 2.75) is 26.8 Å². The number of hydrogen-bond acceptors (Lipinski definition) is 3. The molecule has 2 aromatic rings. The van der Waals surface area contributed by atoms with Crippen molar-refractivity contribution in [2.24, 2.45) is 0 Å². The van der Waals surface area contributed by atoms with E-state index in [4.69, 9.17) is 16.0 Å². The van der Waals surface area contributed by atoms with E-state index in [1.54, 1.807) is 6.20 Å². The maximum absolute atomic E-state index is 6.21. The van der Waals surface area contributed by atoms with E-state index in [0.29, 0.717) is 16.7 Å². The molecule has 3 nitrogen and oxygen atoms in total. The molecule has 18 heavy (non-hydrogen) atoms. The molecule has 0 saturated carbocycles. The molecule has 0 aliphatic rings. The lowest BCUT2D eigenvalue weighted by atomic mass is 10.1. The fourth-order valence-electron chi connectivity index (χ4n) is 1.83. The van der Waals surface area contributed by atoms with Gasteiger partial charge in [-0.3, -0.25) is 0 Å². The molecule has 0 aliphatic heterocycles. The molecular formula is C14H17ClN2O. The van der Waals surface area contributed by atoms with Gasteiger partial charge in [0.25, 0.3) is 0 Å². The lowest BCUT2D eigenvalue weighted by Gasteiger charge is -2.07. The molecule has 1 aromatic carbocycles. The van der Waals surface area contributed by atoms with Gasteiger partial charge in [0.15, 0.2) is 5.76 Å². The van der Waals surface area contributed by atoms with E-state index >= 15 is 0 Å². The Balaban J connectivity index is 2.29. The van der Waals surface area contributed by atoms with E-state index in [0.717, 1.165) is 17.7 Å². The lowest BCUT2D eigenvalue weighted by Crippen LogP contribution is -2.17. The zero-order chi connectivity index (χ0) is 13.1. The third-order valence-electron chi connectivity index (χ3n) is 2.79. The largest absolute Gasteiger partial charge is 0.439 e. The van der Waals surface area contributed by atoms with Crippen LogP contribution in [0.15, 0.2) is 28.8 Å². The van der Waals surface area contributed by atoms with Crippen LogP contribution in [0.2, 0.25) is 5.02 Å². The van der Waals surface area contributed by atoms with Gasteiger partial charge in [-0.1, -0.05) is 24.6 Å². The summed E-state index contributed by atoms with van der Waals surface area (Å²) >= 11 is 6.21. The van der Waals surface area contributed by atoms with Gasteiger partial charge in [0.05, 0.1) is 17.3 Å². The van der Waals surface area contributed by atoms with Crippen LogP contribution >= 0.6 is 11.6 Å². The molecule has 1 atom stereocenters. The second-order valence-electron chi connectivity index (χ2n) is 4.33. The van der Waals surface area contributed by atoms with Crippen molar-refractivity contribution < 1.29 is 4.42 Å². The summed E-state index contributed by atoms with van der Waals surface area (Å²) in [5.41, 5.74) is 2.01. The molecule has 2 rings (SSSR count). The molecule has 1 unspecified atom stereocenters. The van der Waals surface area contributed by atoms with Gasteiger partial charge in [-0.2, -0.15) is 0 Å². The quantitative estimate of drug-likeness (QED) is 0.908. The summed E-state index contributed by atoms with van der Waals surface area (Å²) < 4.78 is 5.75. The van der Waals surface area contributed by atoms with E-state index in [1.165, 1.54) is 0 Å². The summed E-state index contributed by atoms with van der Waals surface area (Å²) in [6.45, 7) is 6.96. The van der Waals surface area contributed by atoms with Crippen LogP contribution in [0.25, 0.3) is 11.3 Å². The normalized spacial score (nSPS) is 12.7. The van der Waals surface area contributed by atoms with Gasteiger partial charge >= 0.3 is 0 Å². The van der Waals surface area contributed by atoms with Crippen LogP contribution in [0, 0.1) is 6.92 Å². The number of aromatic nitrogens is 1. The van der Waals surface area contributed by atoms with E-state index in [1.807, 2.05) is 32.0 Å². The third-order valence-corrected chi connectivity index (χ3v) is 3.11. The second kappa shape index (κ2) is 5.55. The molecule has 0 aliphatic carbocycles. The van der Waals surface area contributed by atoms with E-state index in [9.17, 15) is 0 Å². The van der Waals surface area contributed by atoms with Gasteiger partial charge in [0, 0.05) is 5.56 Å². The first kappa shape index (κ1) is 13.1. The highest BCUT2D eigenvalue weighted by atomic mass is 35.5. The van der Waals surface area contributed by atoms with Crippen LogP contribution in [0.3, 0.4) is 0 Å². The van der Waals surface area contributed by atoms with Crippen LogP contribution in [0.1, 0.15) is 31.3 Å². The zero-order valence-electron chi connectivity index (χ0n) is 10.8. The van der Waals surface area contributed by atoms with Gasteiger partial charge in [-0.05, 0) is 38.1 Å². The fourth-order valence-corrected chi connectivity index (χ4v) is 2.15. The first-order valence-corrected chi connectivity index (χ1v) is 6.45. The zero-order valence-corrected chi connectivity index (χ0v) is 11.6. The van der Waals surface area contributed by atoms with Crippen LogP contribution in [-0.2, 0) is 0 Å². The van der Waals surface area contributed by atoms with Gasteiger partial charge in [0.2, 0.25) is 5.89 Å². The first-order chi connectivity index (χ1) is 8.61. The monoisotopic (exact) mass is 264 g/mol. The number of nitrogens with one attached hydrogen (secondary N) is 1. The number of halogens is 1. The standard InChI is InChI=1S/C14H17ClN2O/c1-4-16-10(3)14-17-8-13(18-14)11-6-5-9(2)7-12(11)15/h5-8,10,16H,4H2,1-3H3. The maximum Gasteiger partial charge on any atom is 0.211 e. The topological polar surface area (TPSA) is 38.1 Å². The van der Waals surface area contributed by atoms with Crippen molar-refractivity contribution in [1.82, 2.24) is 10.3 Å². The second-order valence-corrected chi connectivity index (χ2v) is 4.73. The number of benzene rings is 1.